The first-order chi connectivity index (χ1) is 11.9. The van der Waals surface area contributed by atoms with Gasteiger partial charge in [0.15, 0.2) is 6.61 Å². The number of sulfonamides is 1. The maximum Gasteiger partial charge on any atom is 0.338 e. The summed E-state index contributed by atoms with van der Waals surface area (Å²) in [5, 5.41) is 4.47. The highest BCUT2D eigenvalue weighted by Gasteiger charge is 2.21. The second-order valence-electron chi connectivity index (χ2n) is 6.02. The number of nitrogens with one attached hydrogen (secondary N) is 2. The largest absolute Gasteiger partial charge is 0.452 e. The molecule has 0 radical (unpaired) electrons. The molecule has 0 atom stereocenters. The topological polar surface area (TPSA) is 122 Å². The van der Waals surface area contributed by atoms with Gasteiger partial charge in [0, 0.05) is 20.1 Å². The molecule has 0 fully saturated rings. The minimum Gasteiger partial charge on any atom is -0.452 e. The second-order valence-corrected chi connectivity index (χ2v) is 8.17. The van der Waals surface area contributed by atoms with Crippen LogP contribution >= 0.6 is 0 Å². The molecule has 1 aromatic rings. The molecule has 9 nitrogen and oxygen atoms in total. The Balaban J connectivity index is 2.82. The van der Waals surface area contributed by atoms with Crippen molar-refractivity contribution in [2.75, 3.05) is 20.7 Å². The quantitative estimate of drug-likeness (QED) is 0.693. The van der Waals surface area contributed by atoms with Gasteiger partial charge in [0.05, 0.1) is 10.5 Å². The summed E-state index contributed by atoms with van der Waals surface area (Å²) in [6.07, 6.45) is 0. The van der Waals surface area contributed by atoms with Gasteiger partial charge in [-0.15, -0.1) is 0 Å². The highest BCUT2D eigenvalue weighted by Crippen LogP contribution is 2.18. The number of rotatable bonds is 6. The molecule has 0 saturated heterocycles. The van der Waals surface area contributed by atoms with Gasteiger partial charge in [0.25, 0.3) is 5.91 Å². The zero-order valence-electron chi connectivity index (χ0n) is 15.3. The van der Waals surface area contributed by atoms with E-state index in [9.17, 15) is 22.8 Å². The van der Waals surface area contributed by atoms with Gasteiger partial charge in [-0.3, -0.25) is 10.1 Å². The summed E-state index contributed by atoms with van der Waals surface area (Å²) in [6, 6.07) is 3.19. The van der Waals surface area contributed by atoms with Crippen LogP contribution in [-0.2, 0) is 19.6 Å². The molecule has 0 unspecified atom stereocenters. The van der Waals surface area contributed by atoms with Crippen LogP contribution in [0, 0.1) is 6.92 Å². The summed E-state index contributed by atoms with van der Waals surface area (Å²) in [4.78, 5) is 35.1. The van der Waals surface area contributed by atoms with E-state index in [0.717, 1.165) is 4.31 Å². The molecular weight excluding hydrogens is 362 g/mol. The molecule has 0 aliphatic rings. The summed E-state index contributed by atoms with van der Waals surface area (Å²) in [5.74, 6) is -1.66. The van der Waals surface area contributed by atoms with E-state index in [-0.39, 0.29) is 16.5 Å². The molecule has 0 aliphatic heterocycles. The lowest BCUT2D eigenvalue weighted by molar-refractivity contribution is -0.123. The van der Waals surface area contributed by atoms with Gasteiger partial charge in [0.2, 0.25) is 10.0 Å². The van der Waals surface area contributed by atoms with Crippen molar-refractivity contribution in [3.05, 3.63) is 29.3 Å². The standard InChI is InChI=1S/C16H23N3O6S/c1-10(2)17-16(22)18-14(20)9-25-15(21)13-8-12(7-6-11(13)3)26(23,24)19(4)5/h6-8,10H,9H2,1-5H3,(H2,17,18,20,22). The number of nitrogens with zero attached hydrogens (tertiary/aromatic N) is 1. The van der Waals surface area contributed by atoms with Crippen molar-refractivity contribution in [2.24, 2.45) is 0 Å². The minimum atomic E-state index is -3.72. The average Bonchev–Trinajstić information content (AvgIpc) is 2.51. The number of imide groups is 1. The van der Waals surface area contributed by atoms with Crippen molar-refractivity contribution in [1.82, 2.24) is 14.9 Å². The molecule has 3 amide bonds. The molecule has 0 aromatic heterocycles. The van der Waals surface area contributed by atoms with Gasteiger partial charge in [-0.25, -0.2) is 22.3 Å². The van der Waals surface area contributed by atoms with Crippen LogP contribution in [0.1, 0.15) is 29.8 Å². The molecule has 2 N–H and O–H groups in total. The van der Waals surface area contributed by atoms with Crippen LogP contribution in [0.15, 0.2) is 23.1 Å². The van der Waals surface area contributed by atoms with E-state index in [1.165, 1.54) is 32.3 Å². The number of carbonyl (C=O) groups excluding carboxylic acids is 3. The Morgan fingerprint density at radius 1 is 1.19 bits per heavy atom. The molecule has 144 valence electrons. The molecular formula is C16H23N3O6S. The number of amides is 3. The Morgan fingerprint density at radius 2 is 1.81 bits per heavy atom. The Kier molecular flexibility index (Phi) is 7.28. The maximum atomic E-state index is 12.2. The van der Waals surface area contributed by atoms with Gasteiger partial charge in [-0.05, 0) is 38.5 Å². The van der Waals surface area contributed by atoms with Crippen LogP contribution < -0.4 is 10.6 Å². The lowest BCUT2D eigenvalue weighted by atomic mass is 10.1. The van der Waals surface area contributed by atoms with E-state index in [1.807, 2.05) is 5.32 Å². The van der Waals surface area contributed by atoms with Crippen LogP contribution in [-0.4, -0.2) is 57.4 Å². The fourth-order valence-electron chi connectivity index (χ4n) is 1.86. The maximum absolute atomic E-state index is 12.2. The van der Waals surface area contributed by atoms with Crippen LogP contribution in [0.4, 0.5) is 4.79 Å². The Morgan fingerprint density at radius 3 is 2.35 bits per heavy atom. The number of hydrogen-bond acceptors (Lipinski definition) is 6. The fourth-order valence-corrected chi connectivity index (χ4v) is 2.79. The van der Waals surface area contributed by atoms with Crippen molar-refractivity contribution >= 4 is 27.9 Å². The Bertz CT molecular complexity index is 802. The van der Waals surface area contributed by atoms with E-state index in [0.29, 0.717) is 5.56 Å². The molecule has 1 rings (SSSR count). The first kappa shape index (κ1) is 21.6. The van der Waals surface area contributed by atoms with Gasteiger partial charge in [-0.1, -0.05) is 6.07 Å². The number of urea groups is 1. The third-order valence-corrected chi connectivity index (χ3v) is 5.03. The molecule has 1 aromatic carbocycles. The van der Waals surface area contributed by atoms with E-state index in [4.69, 9.17) is 4.74 Å². The van der Waals surface area contributed by atoms with Gasteiger partial charge in [-0.2, -0.15) is 0 Å². The zero-order chi connectivity index (χ0) is 20.1. The van der Waals surface area contributed by atoms with Crippen molar-refractivity contribution in [3.63, 3.8) is 0 Å². The molecule has 0 bridgehead atoms. The molecule has 0 heterocycles. The second kappa shape index (κ2) is 8.77. The minimum absolute atomic E-state index is 0.0207. The van der Waals surface area contributed by atoms with Crippen LogP contribution in [0.2, 0.25) is 0 Å². The lowest BCUT2D eigenvalue weighted by Crippen LogP contribution is -2.44. The molecule has 10 heteroatoms. The predicted octanol–water partition coefficient (Wildman–Crippen LogP) is 0.636. The predicted molar refractivity (Wildman–Crippen MR) is 94.1 cm³/mol. The zero-order valence-corrected chi connectivity index (χ0v) is 16.1. The van der Waals surface area contributed by atoms with Crippen molar-refractivity contribution in [3.8, 4) is 0 Å². The highest BCUT2D eigenvalue weighted by molar-refractivity contribution is 7.89. The van der Waals surface area contributed by atoms with Crippen molar-refractivity contribution in [2.45, 2.75) is 31.7 Å². The SMILES string of the molecule is Cc1ccc(S(=O)(=O)N(C)C)cc1C(=O)OCC(=O)NC(=O)NC(C)C. The lowest BCUT2D eigenvalue weighted by Gasteiger charge is -2.13. The molecule has 0 aliphatic carbocycles. The van der Waals surface area contributed by atoms with Crippen molar-refractivity contribution in [1.29, 1.82) is 0 Å². The number of hydrogen-bond donors (Lipinski definition) is 2. The highest BCUT2D eigenvalue weighted by atomic mass is 32.2. The van der Waals surface area contributed by atoms with Crippen molar-refractivity contribution < 1.29 is 27.5 Å². The summed E-state index contributed by atoms with van der Waals surface area (Å²) < 4.78 is 30.2. The smallest absolute Gasteiger partial charge is 0.338 e. The number of esters is 1. The molecule has 0 spiro atoms. The first-order valence-corrected chi connectivity index (χ1v) is 9.19. The summed E-state index contributed by atoms with van der Waals surface area (Å²) in [5.41, 5.74) is 0.512. The summed E-state index contributed by atoms with van der Waals surface area (Å²) in [6.45, 7) is 4.39. The van der Waals surface area contributed by atoms with Gasteiger partial charge < -0.3 is 10.1 Å². The average molecular weight is 385 g/mol. The van der Waals surface area contributed by atoms with Crippen LogP contribution in [0.25, 0.3) is 0 Å². The van der Waals surface area contributed by atoms with Gasteiger partial charge >= 0.3 is 12.0 Å². The first-order valence-electron chi connectivity index (χ1n) is 7.75. The van der Waals surface area contributed by atoms with E-state index >= 15 is 0 Å². The van der Waals surface area contributed by atoms with E-state index in [1.54, 1.807) is 20.8 Å². The monoisotopic (exact) mass is 385 g/mol. The number of aryl methyl sites for hydroxylation is 1. The summed E-state index contributed by atoms with van der Waals surface area (Å²) >= 11 is 0. The summed E-state index contributed by atoms with van der Waals surface area (Å²) in [7, 11) is -0.966. The number of ether oxygens (including phenoxy) is 1. The Hall–Kier alpha value is -2.46. The third kappa shape index (κ3) is 5.81. The normalized spacial score (nSPS) is 11.3. The van der Waals surface area contributed by atoms with E-state index in [2.05, 4.69) is 5.32 Å². The van der Waals surface area contributed by atoms with Crippen LogP contribution in [0.5, 0.6) is 0 Å². The molecule has 26 heavy (non-hydrogen) atoms. The van der Waals surface area contributed by atoms with Gasteiger partial charge in [0.1, 0.15) is 0 Å². The van der Waals surface area contributed by atoms with Crippen LogP contribution in [0.3, 0.4) is 0 Å². The third-order valence-electron chi connectivity index (χ3n) is 3.21. The fraction of sp³-hybridized carbons (Fsp3) is 0.438. The molecule has 0 saturated carbocycles. The Labute approximate surface area is 152 Å². The van der Waals surface area contributed by atoms with E-state index < -0.39 is 34.5 Å². The number of carbonyl (C=O) groups is 3. The number of benzene rings is 1.